The Hall–Kier alpha value is -2.76. The lowest BCUT2D eigenvalue weighted by molar-refractivity contribution is 0.102. The van der Waals surface area contributed by atoms with Gasteiger partial charge in [-0.2, -0.15) is 0 Å². The maximum Gasteiger partial charge on any atom is 0.257 e. The summed E-state index contributed by atoms with van der Waals surface area (Å²) in [7, 11) is 0. The van der Waals surface area contributed by atoms with Crippen molar-refractivity contribution in [3.63, 3.8) is 0 Å². The van der Waals surface area contributed by atoms with Crippen molar-refractivity contribution < 1.29 is 14.3 Å². The van der Waals surface area contributed by atoms with E-state index in [1.165, 1.54) is 0 Å². The molecule has 1 amide bonds. The average Bonchev–Trinajstić information content (AvgIpc) is 2.87. The minimum absolute atomic E-state index is 0.140. The normalized spacial score (nSPS) is 12.2. The Morgan fingerprint density at radius 3 is 2.85 bits per heavy atom. The fourth-order valence-electron chi connectivity index (χ4n) is 1.94. The zero-order chi connectivity index (χ0) is 14.1. The molecule has 102 valence electrons. The van der Waals surface area contributed by atoms with E-state index in [2.05, 4.69) is 10.3 Å². The first-order valence-corrected chi connectivity index (χ1v) is 6.06. The van der Waals surface area contributed by atoms with Gasteiger partial charge in [-0.05, 0) is 24.6 Å². The Morgan fingerprint density at radius 1 is 1.35 bits per heavy atom. The van der Waals surface area contributed by atoms with E-state index >= 15 is 0 Å². The molecule has 0 fully saturated rings. The molecule has 0 aliphatic carbocycles. The van der Waals surface area contributed by atoms with E-state index in [9.17, 15) is 4.79 Å². The minimum Gasteiger partial charge on any atom is -0.454 e. The Kier molecular flexibility index (Phi) is 2.90. The molecular formula is C14H13N3O3. The molecule has 0 unspecified atom stereocenters. The van der Waals surface area contributed by atoms with Gasteiger partial charge in [0.25, 0.3) is 5.91 Å². The van der Waals surface area contributed by atoms with Crippen LogP contribution in [0.5, 0.6) is 11.5 Å². The predicted octanol–water partition coefficient (Wildman–Crippen LogP) is 1.95. The molecule has 0 spiro atoms. The van der Waals surface area contributed by atoms with Crippen LogP contribution in [0.15, 0.2) is 30.6 Å². The molecule has 1 aromatic carbocycles. The third kappa shape index (κ3) is 2.11. The van der Waals surface area contributed by atoms with Gasteiger partial charge in [-0.25, -0.2) is 0 Å². The van der Waals surface area contributed by atoms with E-state index in [4.69, 9.17) is 15.2 Å². The number of amides is 1. The van der Waals surface area contributed by atoms with Crippen LogP contribution in [0.25, 0.3) is 0 Å². The van der Waals surface area contributed by atoms with Crippen molar-refractivity contribution in [2.24, 2.45) is 0 Å². The number of pyridine rings is 1. The summed E-state index contributed by atoms with van der Waals surface area (Å²) in [5, 5.41) is 2.78. The van der Waals surface area contributed by atoms with Gasteiger partial charge in [-0.3, -0.25) is 9.78 Å². The largest absolute Gasteiger partial charge is 0.454 e. The van der Waals surface area contributed by atoms with Gasteiger partial charge in [0.05, 0.1) is 17.4 Å². The van der Waals surface area contributed by atoms with Gasteiger partial charge in [0, 0.05) is 18.0 Å². The molecule has 20 heavy (non-hydrogen) atoms. The summed E-state index contributed by atoms with van der Waals surface area (Å²) in [5.41, 5.74) is 8.13. The summed E-state index contributed by atoms with van der Waals surface area (Å²) in [6, 6.07) is 4.99. The van der Waals surface area contributed by atoms with Gasteiger partial charge in [0.2, 0.25) is 6.79 Å². The molecule has 0 bridgehead atoms. The highest BCUT2D eigenvalue weighted by Crippen LogP contribution is 2.36. The van der Waals surface area contributed by atoms with Crippen LogP contribution in [0.3, 0.4) is 0 Å². The number of nitrogens with two attached hydrogens (primary N) is 1. The van der Waals surface area contributed by atoms with Gasteiger partial charge >= 0.3 is 0 Å². The van der Waals surface area contributed by atoms with Crippen LogP contribution >= 0.6 is 0 Å². The lowest BCUT2D eigenvalue weighted by Crippen LogP contribution is -2.15. The van der Waals surface area contributed by atoms with Crippen molar-refractivity contribution in [2.45, 2.75) is 6.92 Å². The van der Waals surface area contributed by atoms with Gasteiger partial charge in [0.1, 0.15) is 0 Å². The number of nitrogens with one attached hydrogen (secondary N) is 1. The molecule has 0 radical (unpaired) electrons. The lowest BCUT2D eigenvalue weighted by Gasteiger charge is -2.10. The van der Waals surface area contributed by atoms with E-state index in [1.54, 1.807) is 24.5 Å². The maximum atomic E-state index is 12.3. The molecule has 6 heteroatoms. The molecule has 2 heterocycles. The summed E-state index contributed by atoms with van der Waals surface area (Å²) < 4.78 is 10.5. The predicted molar refractivity (Wildman–Crippen MR) is 73.9 cm³/mol. The van der Waals surface area contributed by atoms with Crippen molar-refractivity contribution >= 4 is 17.3 Å². The second-order valence-corrected chi connectivity index (χ2v) is 4.44. The van der Waals surface area contributed by atoms with Crippen LogP contribution in [-0.2, 0) is 0 Å². The molecule has 3 N–H and O–H groups in total. The number of rotatable bonds is 2. The van der Waals surface area contributed by atoms with Crippen LogP contribution in [0.4, 0.5) is 11.4 Å². The van der Waals surface area contributed by atoms with Crippen LogP contribution in [0.1, 0.15) is 15.9 Å². The van der Waals surface area contributed by atoms with Crippen LogP contribution in [0.2, 0.25) is 0 Å². The lowest BCUT2D eigenvalue weighted by atomic mass is 10.1. The molecule has 1 aliphatic rings. The fourth-order valence-corrected chi connectivity index (χ4v) is 1.94. The molecule has 1 aliphatic heterocycles. The van der Waals surface area contributed by atoms with Crippen LogP contribution in [0, 0.1) is 6.92 Å². The Morgan fingerprint density at radius 2 is 2.10 bits per heavy atom. The number of ether oxygens (including phenoxy) is 2. The standard InChI is InChI=1S/C14H13N3O3/c1-8-2-3-16-6-11(8)17-14(18)9-4-12-13(5-10(9)15)20-7-19-12/h2-6H,7,15H2,1H3,(H,17,18). The van der Waals surface area contributed by atoms with Crippen LogP contribution < -0.4 is 20.5 Å². The SMILES string of the molecule is Cc1ccncc1NC(=O)c1cc2c(cc1N)OCO2. The summed E-state index contributed by atoms with van der Waals surface area (Å²) in [5.74, 6) is 0.765. The van der Waals surface area contributed by atoms with E-state index in [0.717, 1.165) is 5.56 Å². The Labute approximate surface area is 115 Å². The number of nitrogen functional groups attached to an aromatic ring is 1. The fraction of sp³-hybridized carbons (Fsp3) is 0.143. The van der Waals surface area contributed by atoms with Crippen molar-refractivity contribution in [3.05, 3.63) is 41.7 Å². The van der Waals surface area contributed by atoms with E-state index in [1.807, 2.05) is 13.0 Å². The monoisotopic (exact) mass is 271 g/mol. The minimum atomic E-state index is -0.308. The molecule has 6 nitrogen and oxygen atoms in total. The summed E-state index contributed by atoms with van der Waals surface area (Å²) in [6.45, 7) is 2.03. The first-order chi connectivity index (χ1) is 9.65. The smallest absolute Gasteiger partial charge is 0.257 e. The molecule has 0 saturated carbocycles. The second kappa shape index (κ2) is 4.73. The number of hydrogen-bond acceptors (Lipinski definition) is 5. The number of hydrogen-bond donors (Lipinski definition) is 2. The number of anilines is 2. The number of nitrogens with zero attached hydrogens (tertiary/aromatic N) is 1. The van der Waals surface area contributed by atoms with Gasteiger partial charge < -0.3 is 20.5 Å². The zero-order valence-electron chi connectivity index (χ0n) is 10.8. The van der Waals surface area contributed by atoms with Crippen molar-refractivity contribution in [3.8, 4) is 11.5 Å². The quantitative estimate of drug-likeness (QED) is 0.815. The molecule has 0 saturated heterocycles. The molecule has 2 aromatic rings. The van der Waals surface area contributed by atoms with Crippen LogP contribution in [-0.4, -0.2) is 17.7 Å². The summed E-state index contributed by atoms with van der Waals surface area (Å²) >= 11 is 0. The highest BCUT2D eigenvalue weighted by molar-refractivity contribution is 6.08. The highest BCUT2D eigenvalue weighted by Gasteiger charge is 2.20. The molecular weight excluding hydrogens is 258 g/mol. The Balaban J connectivity index is 1.90. The summed E-state index contributed by atoms with van der Waals surface area (Å²) in [4.78, 5) is 16.3. The number of benzene rings is 1. The van der Waals surface area contributed by atoms with Crippen molar-refractivity contribution in [1.82, 2.24) is 4.98 Å². The summed E-state index contributed by atoms with van der Waals surface area (Å²) in [6.07, 6.45) is 3.26. The van der Waals surface area contributed by atoms with Gasteiger partial charge in [-0.1, -0.05) is 0 Å². The third-order valence-electron chi connectivity index (χ3n) is 3.08. The van der Waals surface area contributed by atoms with E-state index in [0.29, 0.717) is 28.4 Å². The van der Waals surface area contributed by atoms with E-state index < -0.39 is 0 Å². The topological polar surface area (TPSA) is 86.5 Å². The van der Waals surface area contributed by atoms with Crippen molar-refractivity contribution in [2.75, 3.05) is 17.8 Å². The third-order valence-corrected chi connectivity index (χ3v) is 3.08. The number of carbonyl (C=O) groups is 1. The molecule has 0 atom stereocenters. The van der Waals surface area contributed by atoms with Crippen molar-refractivity contribution in [1.29, 1.82) is 0 Å². The van der Waals surface area contributed by atoms with Gasteiger partial charge in [-0.15, -0.1) is 0 Å². The maximum absolute atomic E-state index is 12.3. The second-order valence-electron chi connectivity index (χ2n) is 4.44. The molecule has 3 rings (SSSR count). The number of fused-ring (bicyclic) bond motifs is 1. The number of aryl methyl sites for hydroxylation is 1. The number of aromatic nitrogens is 1. The molecule has 1 aromatic heterocycles. The zero-order valence-corrected chi connectivity index (χ0v) is 10.8. The highest BCUT2D eigenvalue weighted by atomic mass is 16.7. The van der Waals surface area contributed by atoms with Gasteiger partial charge in [0.15, 0.2) is 11.5 Å². The first-order valence-electron chi connectivity index (χ1n) is 6.06. The Bertz CT molecular complexity index is 685. The first kappa shape index (κ1) is 12.3. The number of carbonyl (C=O) groups excluding carboxylic acids is 1. The average molecular weight is 271 g/mol. The van der Waals surface area contributed by atoms with E-state index in [-0.39, 0.29) is 12.7 Å².